The number of aromatic nitrogens is 3. The lowest BCUT2D eigenvalue weighted by molar-refractivity contribution is -0.114. The predicted molar refractivity (Wildman–Crippen MR) is 98.0 cm³/mol. The third-order valence-electron chi connectivity index (χ3n) is 3.81. The number of thiazole rings is 1. The van der Waals surface area contributed by atoms with Gasteiger partial charge in [-0.05, 0) is 6.07 Å². The van der Waals surface area contributed by atoms with Crippen molar-refractivity contribution in [3.8, 4) is 0 Å². The number of anilines is 3. The quantitative estimate of drug-likeness (QED) is 0.593. The fourth-order valence-electron chi connectivity index (χ4n) is 2.34. The second-order valence-corrected chi connectivity index (χ2v) is 6.65. The molecule has 27 heavy (non-hydrogen) atoms. The molecule has 4 N–H and O–H groups in total. The minimum atomic E-state index is -1.03. The highest BCUT2D eigenvalue weighted by Crippen LogP contribution is 2.27. The zero-order valence-electron chi connectivity index (χ0n) is 14.2. The van der Waals surface area contributed by atoms with Crippen molar-refractivity contribution in [2.24, 2.45) is 14.1 Å². The lowest BCUT2D eigenvalue weighted by Crippen LogP contribution is -2.40. The van der Waals surface area contributed by atoms with Gasteiger partial charge < -0.3 is 16.4 Å². The number of rotatable bonds is 4. The van der Waals surface area contributed by atoms with Gasteiger partial charge in [-0.25, -0.2) is 18.6 Å². The first-order valence-corrected chi connectivity index (χ1v) is 8.35. The molecule has 0 saturated heterocycles. The smallest absolute Gasteiger partial charge is 0.332 e. The number of benzene rings is 1. The van der Waals surface area contributed by atoms with E-state index in [0.29, 0.717) is 4.70 Å². The molecule has 0 bridgehead atoms. The number of fused-ring (bicyclic) bond motifs is 1. The van der Waals surface area contributed by atoms with Crippen LogP contribution in [0.25, 0.3) is 10.2 Å². The van der Waals surface area contributed by atoms with Gasteiger partial charge in [-0.1, -0.05) is 11.3 Å². The first-order valence-electron chi connectivity index (χ1n) is 7.54. The molecule has 0 unspecified atom stereocenters. The number of hydrogen-bond acceptors (Lipinski definition) is 7. The van der Waals surface area contributed by atoms with Gasteiger partial charge >= 0.3 is 5.69 Å². The zero-order valence-corrected chi connectivity index (χ0v) is 15.0. The van der Waals surface area contributed by atoms with Gasteiger partial charge in [0.15, 0.2) is 16.8 Å². The standard InChI is InChI=1S/C15H14F2N6O3S/c1-22-12(18)11(13(25)23(2)15(22)26)19-5-10(24)21-14-20-8-3-6(16)7(17)4-9(8)27-14/h3-4,19H,5,18H2,1-2H3,(H,20,21,24). The van der Waals surface area contributed by atoms with Gasteiger partial charge in [-0.2, -0.15) is 0 Å². The highest BCUT2D eigenvalue weighted by atomic mass is 32.1. The summed E-state index contributed by atoms with van der Waals surface area (Å²) in [6, 6.07) is 1.93. The molecule has 1 aromatic carbocycles. The van der Waals surface area contributed by atoms with Crippen LogP contribution in [0.15, 0.2) is 21.7 Å². The molecular formula is C15H14F2N6O3S. The monoisotopic (exact) mass is 396 g/mol. The topological polar surface area (TPSA) is 124 Å². The van der Waals surface area contributed by atoms with Gasteiger partial charge in [-0.3, -0.25) is 18.7 Å². The maximum atomic E-state index is 13.2. The normalized spacial score (nSPS) is 11.0. The van der Waals surface area contributed by atoms with Gasteiger partial charge in [0.25, 0.3) is 5.56 Å². The number of amides is 1. The Bertz CT molecular complexity index is 1140. The Hall–Kier alpha value is -3.28. The van der Waals surface area contributed by atoms with Crippen LogP contribution in [0.2, 0.25) is 0 Å². The number of nitrogens with one attached hydrogen (secondary N) is 2. The van der Waals surface area contributed by atoms with Crippen LogP contribution in [-0.4, -0.2) is 26.6 Å². The van der Waals surface area contributed by atoms with Crippen LogP contribution in [0, 0.1) is 11.6 Å². The van der Waals surface area contributed by atoms with E-state index in [9.17, 15) is 23.2 Å². The molecule has 142 valence electrons. The molecule has 12 heteroatoms. The minimum Gasteiger partial charge on any atom is -0.383 e. The van der Waals surface area contributed by atoms with Crippen molar-refractivity contribution in [1.82, 2.24) is 14.1 Å². The number of carbonyl (C=O) groups excluding carboxylic acids is 1. The Balaban J connectivity index is 1.76. The number of nitrogens with zero attached hydrogens (tertiary/aromatic N) is 3. The van der Waals surface area contributed by atoms with E-state index >= 15 is 0 Å². The Morgan fingerprint density at radius 1 is 1.22 bits per heavy atom. The maximum Gasteiger partial charge on any atom is 0.332 e. The molecule has 3 aromatic rings. The largest absolute Gasteiger partial charge is 0.383 e. The third-order valence-corrected chi connectivity index (χ3v) is 4.75. The molecule has 0 saturated carbocycles. The summed E-state index contributed by atoms with van der Waals surface area (Å²) >= 11 is 0.970. The van der Waals surface area contributed by atoms with E-state index in [0.717, 1.165) is 32.6 Å². The van der Waals surface area contributed by atoms with Crippen LogP contribution in [-0.2, 0) is 18.9 Å². The van der Waals surface area contributed by atoms with Crippen LogP contribution in [0.4, 0.5) is 25.4 Å². The second-order valence-electron chi connectivity index (χ2n) is 5.62. The first-order chi connectivity index (χ1) is 12.7. The molecule has 0 spiro atoms. The Labute approximate surface area is 154 Å². The van der Waals surface area contributed by atoms with Crippen molar-refractivity contribution < 1.29 is 13.6 Å². The average Bonchev–Trinajstić information content (AvgIpc) is 2.99. The Kier molecular flexibility index (Phi) is 4.66. The molecule has 1 amide bonds. The van der Waals surface area contributed by atoms with E-state index in [1.54, 1.807) is 0 Å². The number of carbonyl (C=O) groups is 1. The lowest BCUT2D eigenvalue weighted by atomic mass is 10.3. The number of nitrogen functional groups attached to an aromatic ring is 1. The predicted octanol–water partition coefficient (Wildman–Crippen LogP) is 0.605. The summed E-state index contributed by atoms with van der Waals surface area (Å²) < 4.78 is 28.8. The van der Waals surface area contributed by atoms with Crippen molar-refractivity contribution in [1.29, 1.82) is 0 Å². The summed E-state index contributed by atoms with van der Waals surface area (Å²) in [6.45, 7) is -0.337. The van der Waals surface area contributed by atoms with Crippen LogP contribution in [0.1, 0.15) is 0 Å². The summed E-state index contributed by atoms with van der Waals surface area (Å²) in [5.41, 5.74) is 4.59. The van der Waals surface area contributed by atoms with Crippen LogP contribution in [0.3, 0.4) is 0 Å². The third kappa shape index (κ3) is 3.38. The molecule has 0 radical (unpaired) electrons. The van der Waals surface area contributed by atoms with Crippen LogP contribution < -0.4 is 27.6 Å². The van der Waals surface area contributed by atoms with E-state index in [1.165, 1.54) is 14.1 Å². The summed E-state index contributed by atoms with van der Waals surface area (Å²) in [5.74, 6) is -2.72. The molecule has 2 aromatic heterocycles. The van der Waals surface area contributed by atoms with E-state index in [4.69, 9.17) is 5.73 Å². The molecule has 0 aliphatic rings. The van der Waals surface area contributed by atoms with Gasteiger partial charge in [0, 0.05) is 20.2 Å². The summed E-state index contributed by atoms with van der Waals surface area (Å²) in [7, 11) is 2.68. The highest BCUT2D eigenvalue weighted by molar-refractivity contribution is 7.22. The van der Waals surface area contributed by atoms with E-state index in [2.05, 4.69) is 15.6 Å². The number of hydrogen-bond donors (Lipinski definition) is 3. The van der Waals surface area contributed by atoms with Crippen molar-refractivity contribution in [3.63, 3.8) is 0 Å². The molecule has 9 nitrogen and oxygen atoms in total. The first kappa shape index (κ1) is 18.5. The number of nitrogens with two attached hydrogens (primary N) is 1. The lowest BCUT2D eigenvalue weighted by Gasteiger charge is -2.12. The highest BCUT2D eigenvalue weighted by Gasteiger charge is 2.15. The summed E-state index contributed by atoms with van der Waals surface area (Å²) in [6.07, 6.45) is 0. The molecule has 0 fully saturated rings. The summed E-state index contributed by atoms with van der Waals surface area (Å²) in [4.78, 5) is 39.9. The van der Waals surface area contributed by atoms with E-state index in [1.807, 2.05) is 0 Å². The van der Waals surface area contributed by atoms with Crippen molar-refractivity contribution >= 4 is 44.1 Å². The number of halogens is 2. The molecule has 0 atom stereocenters. The zero-order chi connectivity index (χ0) is 19.9. The van der Waals surface area contributed by atoms with Gasteiger partial charge in [-0.15, -0.1) is 0 Å². The molecule has 2 heterocycles. The Morgan fingerprint density at radius 3 is 2.59 bits per heavy atom. The molecule has 0 aliphatic carbocycles. The van der Waals surface area contributed by atoms with Gasteiger partial charge in [0.2, 0.25) is 5.91 Å². The molecule has 3 rings (SSSR count). The van der Waals surface area contributed by atoms with Gasteiger partial charge in [0.1, 0.15) is 11.5 Å². The van der Waals surface area contributed by atoms with Gasteiger partial charge in [0.05, 0.1) is 16.8 Å². The maximum absolute atomic E-state index is 13.2. The summed E-state index contributed by atoms with van der Waals surface area (Å²) in [5, 5.41) is 5.19. The van der Waals surface area contributed by atoms with Crippen molar-refractivity contribution in [2.75, 3.05) is 22.9 Å². The van der Waals surface area contributed by atoms with Crippen molar-refractivity contribution in [3.05, 3.63) is 44.6 Å². The fraction of sp³-hybridized carbons (Fsp3) is 0.200. The molecular weight excluding hydrogens is 382 g/mol. The van der Waals surface area contributed by atoms with Crippen LogP contribution in [0.5, 0.6) is 0 Å². The SMILES string of the molecule is Cn1c(N)c(NCC(=O)Nc2nc3cc(F)c(F)cc3s2)c(=O)n(C)c1=O. The second kappa shape index (κ2) is 6.79. The fourth-order valence-corrected chi connectivity index (χ4v) is 3.22. The molecule has 0 aliphatic heterocycles. The Morgan fingerprint density at radius 2 is 1.89 bits per heavy atom. The van der Waals surface area contributed by atoms with E-state index in [-0.39, 0.29) is 28.7 Å². The average molecular weight is 396 g/mol. The van der Waals surface area contributed by atoms with E-state index < -0.39 is 28.8 Å². The van der Waals surface area contributed by atoms with Crippen LogP contribution >= 0.6 is 11.3 Å². The minimum absolute atomic E-state index is 0.0943. The van der Waals surface area contributed by atoms with Crippen molar-refractivity contribution in [2.45, 2.75) is 0 Å².